The zero-order valence-corrected chi connectivity index (χ0v) is 10.1. The second-order valence-electron chi connectivity index (χ2n) is 4.15. The fraction of sp³-hybridized carbons (Fsp3) is 0.125. The highest BCUT2D eigenvalue weighted by atomic mass is 16.1. The number of ketones is 1. The molecular weight excluding hydrogens is 222 g/mol. The minimum atomic E-state index is -0.728. The molecule has 0 heterocycles. The topological polar surface area (TPSA) is 40.9 Å². The standard InChI is InChI=1S/C16H13NO/c1-12-7-5-6-10-14(12)15(11-17)16(18)13-8-3-2-4-9-13/h2-10,15H,1H3. The van der Waals surface area contributed by atoms with Crippen LogP contribution in [-0.2, 0) is 0 Å². The van der Waals surface area contributed by atoms with Gasteiger partial charge in [-0.25, -0.2) is 0 Å². The van der Waals surface area contributed by atoms with E-state index >= 15 is 0 Å². The molecule has 0 bridgehead atoms. The number of carbonyl (C=O) groups excluding carboxylic acids is 1. The molecule has 0 saturated carbocycles. The first kappa shape index (κ1) is 12.1. The van der Waals surface area contributed by atoms with Crippen LogP contribution in [-0.4, -0.2) is 5.78 Å². The van der Waals surface area contributed by atoms with Gasteiger partial charge in [-0.2, -0.15) is 5.26 Å². The molecule has 1 unspecified atom stereocenters. The molecule has 0 amide bonds. The van der Waals surface area contributed by atoms with Gasteiger partial charge in [0, 0.05) is 5.56 Å². The minimum Gasteiger partial charge on any atom is -0.292 e. The van der Waals surface area contributed by atoms with Crippen molar-refractivity contribution in [3.63, 3.8) is 0 Å². The molecule has 0 spiro atoms. The van der Waals surface area contributed by atoms with E-state index in [0.29, 0.717) is 5.56 Å². The van der Waals surface area contributed by atoms with Gasteiger partial charge in [0.05, 0.1) is 6.07 Å². The maximum atomic E-state index is 12.3. The van der Waals surface area contributed by atoms with Crippen molar-refractivity contribution in [3.05, 3.63) is 71.3 Å². The van der Waals surface area contributed by atoms with E-state index in [0.717, 1.165) is 11.1 Å². The Hall–Kier alpha value is -2.40. The second-order valence-corrected chi connectivity index (χ2v) is 4.15. The average Bonchev–Trinajstić information content (AvgIpc) is 2.42. The van der Waals surface area contributed by atoms with Crippen molar-refractivity contribution in [1.82, 2.24) is 0 Å². The number of nitriles is 1. The number of nitrogens with zero attached hydrogens (tertiary/aromatic N) is 1. The van der Waals surface area contributed by atoms with Gasteiger partial charge in [-0.3, -0.25) is 4.79 Å². The first-order valence-corrected chi connectivity index (χ1v) is 5.78. The van der Waals surface area contributed by atoms with Gasteiger partial charge in [0.1, 0.15) is 5.92 Å². The summed E-state index contributed by atoms with van der Waals surface area (Å²) < 4.78 is 0. The summed E-state index contributed by atoms with van der Waals surface area (Å²) in [5.74, 6) is -0.874. The number of hydrogen-bond donors (Lipinski definition) is 0. The van der Waals surface area contributed by atoms with E-state index in [9.17, 15) is 10.1 Å². The lowest BCUT2D eigenvalue weighted by Crippen LogP contribution is -2.12. The largest absolute Gasteiger partial charge is 0.292 e. The van der Waals surface area contributed by atoms with Crippen LogP contribution < -0.4 is 0 Å². The van der Waals surface area contributed by atoms with Crippen LogP contribution in [0.3, 0.4) is 0 Å². The third-order valence-corrected chi connectivity index (χ3v) is 2.95. The van der Waals surface area contributed by atoms with Crippen LogP contribution >= 0.6 is 0 Å². The van der Waals surface area contributed by atoms with Gasteiger partial charge in [-0.1, -0.05) is 54.6 Å². The first-order valence-electron chi connectivity index (χ1n) is 5.78. The highest BCUT2D eigenvalue weighted by molar-refractivity contribution is 6.02. The number of benzene rings is 2. The third kappa shape index (κ3) is 2.31. The summed E-state index contributed by atoms with van der Waals surface area (Å²) in [5.41, 5.74) is 2.33. The van der Waals surface area contributed by atoms with E-state index in [4.69, 9.17) is 0 Å². The number of aryl methyl sites for hydroxylation is 1. The molecule has 2 aromatic rings. The van der Waals surface area contributed by atoms with Crippen LogP contribution in [0.25, 0.3) is 0 Å². The summed E-state index contributed by atoms with van der Waals surface area (Å²) in [7, 11) is 0. The molecule has 88 valence electrons. The van der Waals surface area contributed by atoms with Crippen molar-refractivity contribution in [2.45, 2.75) is 12.8 Å². The Balaban J connectivity index is 2.40. The maximum absolute atomic E-state index is 12.3. The summed E-state index contributed by atoms with van der Waals surface area (Å²) in [6.45, 7) is 1.91. The number of rotatable bonds is 3. The van der Waals surface area contributed by atoms with E-state index in [1.807, 2.05) is 37.3 Å². The first-order chi connectivity index (χ1) is 8.74. The quantitative estimate of drug-likeness (QED) is 0.764. The fourth-order valence-electron chi connectivity index (χ4n) is 1.95. The van der Waals surface area contributed by atoms with Crippen LogP contribution in [0.4, 0.5) is 0 Å². The van der Waals surface area contributed by atoms with Crippen molar-refractivity contribution < 1.29 is 4.79 Å². The van der Waals surface area contributed by atoms with Crippen LogP contribution in [0.1, 0.15) is 27.4 Å². The Bertz CT molecular complexity index is 596. The van der Waals surface area contributed by atoms with E-state index in [1.54, 1.807) is 24.3 Å². The van der Waals surface area contributed by atoms with E-state index in [1.165, 1.54) is 0 Å². The summed E-state index contributed by atoms with van der Waals surface area (Å²) in [4.78, 5) is 12.3. The summed E-state index contributed by atoms with van der Waals surface area (Å²) in [6, 6.07) is 18.6. The van der Waals surface area contributed by atoms with Gasteiger partial charge in [0.2, 0.25) is 0 Å². The Morgan fingerprint density at radius 3 is 2.28 bits per heavy atom. The predicted molar refractivity (Wildman–Crippen MR) is 70.3 cm³/mol. The second kappa shape index (κ2) is 5.29. The number of Topliss-reactive ketones (excluding diaryl/α,β-unsaturated/α-hetero) is 1. The molecule has 0 aliphatic rings. The Morgan fingerprint density at radius 2 is 1.67 bits per heavy atom. The molecule has 2 heteroatoms. The van der Waals surface area contributed by atoms with Crippen molar-refractivity contribution in [2.24, 2.45) is 0 Å². The molecule has 0 aliphatic carbocycles. The molecular formula is C16H13NO. The van der Waals surface area contributed by atoms with Crippen LogP contribution in [0.2, 0.25) is 0 Å². The van der Waals surface area contributed by atoms with Crippen LogP contribution in [0, 0.1) is 18.3 Å². The van der Waals surface area contributed by atoms with Crippen molar-refractivity contribution in [3.8, 4) is 6.07 Å². The molecule has 0 radical (unpaired) electrons. The average molecular weight is 235 g/mol. The molecule has 0 saturated heterocycles. The smallest absolute Gasteiger partial charge is 0.184 e. The van der Waals surface area contributed by atoms with E-state index in [-0.39, 0.29) is 5.78 Å². The molecule has 0 aromatic heterocycles. The predicted octanol–water partition coefficient (Wildman–Crippen LogP) is 3.49. The molecule has 0 N–H and O–H groups in total. The normalized spacial score (nSPS) is 11.6. The van der Waals surface area contributed by atoms with E-state index in [2.05, 4.69) is 6.07 Å². The van der Waals surface area contributed by atoms with E-state index < -0.39 is 5.92 Å². The Kier molecular flexibility index (Phi) is 3.54. The lowest BCUT2D eigenvalue weighted by atomic mass is 9.89. The van der Waals surface area contributed by atoms with Crippen molar-refractivity contribution in [2.75, 3.05) is 0 Å². The van der Waals surface area contributed by atoms with Gasteiger partial charge >= 0.3 is 0 Å². The Labute approximate surface area is 107 Å². The molecule has 2 nitrogen and oxygen atoms in total. The molecule has 2 rings (SSSR count). The minimum absolute atomic E-state index is 0.146. The Morgan fingerprint density at radius 1 is 1.06 bits per heavy atom. The molecule has 2 aromatic carbocycles. The summed E-state index contributed by atoms with van der Waals surface area (Å²) in [5, 5.41) is 9.26. The van der Waals surface area contributed by atoms with Crippen LogP contribution in [0.5, 0.6) is 0 Å². The highest BCUT2D eigenvalue weighted by Gasteiger charge is 2.22. The highest BCUT2D eigenvalue weighted by Crippen LogP contribution is 2.23. The molecule has 1 atom stereocenters. The van der Waals surface area contributed by atoms with Crippen molar-refractivity contribution in [1.29, 1.82) is 5.26 Å². The lowest BCUT2D eigenvalue weighted by molar-refractivity contribution is 0.0978. The SMILES string of the molecule is Cc1ccccc1C(C#N)C(=O)c1ccccc1. The van der Waals surface area contributed by atoms with Gasteiger partial charge in [-0.15, -0.1) is 0 Å². The molecule has 18 heavy (non-hydrogen) atoms. The van der Waals surface area contributed by atoms with Crippen LogP contribution in [0.15, 0.2) is 54.6 Å². The zero-order chi connectivity index (χ0) is 13.0. The maximum Gasteiger partial charge on any atom is 0.184 e. The lowest BCUT2D eigenvalue weighted by Gasteiger charge is -2.11. The number of carbonyl (C=O) groups is 1. The third-order valence-electron chi connectivity index (χ3n) is 2.95. The zero-order valence-electron chi connectivity index (χ0n) is 10.1. The molecule has 0 fully saturated rings. The van der Waals surface area contributed by atoms with Crippen molar-refractivity contribution >= 4 is 5.78 Å². The fourth-order valence-corrected chi connectivity index (χ4v) is 1.95. The van der Waals surface area contributed by atoms with Gasteiger partial charge in [-0.05, 0) is 18.1 Å². The number of hydrogen-bond acceptors (Lipinski definition) is 2. The van der Waals surface area contributed by atoms with Gasteiger partial charge < -0.3 is 0 Å². The van der Waals surface area contributed by atoms with Gasteiger partial charge in [0.25, 0.3) is 0 Å². The monoisotopic (exact) mass is 235 g/mol. The summed E-state index contributed by atoms with van der Waals surface area (Å²) >= 11 is 0. The summed E-state index contributed by atoms with van der Waals surface area (Å²) in [6.07, 6.45) is 0. The molecule has 0 aliphatic heterocycles. The van der Waals surface area contributed by atoms with Gasteiger partial charge in [0.15, 0.2) is 5.78 Å².